The molecule has 1 amide bonds. The molecule has 2 aliphatic carbocycles. The Kier molecular flexibility index (Phi) is 5.96. The van der Waals surface area contributed by atoms with Crippen molar-refractivity contribution >= 4 is 5.91 Å². The van der Waals surface area contributed by atoms with Gasteiger partial charge in [-0.3, -0.25) is 9.78 Å². The molecular formula is C25H34F3N3O2. The minimum atomic E-state index is -4.43. The van der Waals surface area contributed by atoms with Crippen LogP contribution in [-0.4, -0.2) is 47.6 Å². The number of alkyl halides is 3. The zero-order valence-electron chi connectivity index (χ0n) is 19.5. The van der Waals surface area contributed by atoms with Gasteiger partial charge in [-0.25, -0.2) is 0 Å². The summed E-state index contributed by atoms with van der Waals surface area (Å²) in [5.41, 5.74) is -0.0132. The molecule has 3 fully saturated rings. The van der Waals surface area contributed by atoms with Crippen LogP contribution >= 0.6 is 0 Å². The van der Waals surface area contributed by atoms with Gasteiger partial charge in [-0.1, -0.05) is 13.8 Å². The highest BCUT2D eigenvalue weighted by molar-refractivity contribution is 5.83. The summed E-state index contributed by atoms with van der Waals surface area (Å²) in [7, 11) is 0. The van der Waals surface area contributed by atoms with Crippen LogP contribution in [-0.2, 0) is 28.7 Å². The average molecular weight is 466 g/mol. The van der Waals surface area contributed by atoms with Crippen LogP contribution in [0.4, 0.5) is 13.2 Å². The van der Waals surface area contributed by atoms with E-state index in [-0.39, 0.29) is 18.4 Å². The first-order valence-electron chi connectivity index (χ1n) is 12.4. The fourth-order valence-electron chi connectivity index (χ4n) is 6.71. The predicted molar refractivity (Wildman–Crippen MR) is 117 cm³/mol. The van der Waals surface area contributed by atoms with Gasteiger partial charge < -0.3 is 15.0 Å². The molecule has 1 aromatic heterocycles. The quantitative estimate of drug-likeness (QED) is 0.725. The van der Waals surface area contributed by atoms with E-state index < -0.39 is 17.2 Å². The summed E-state index contributed by atoms with van der Waals surface area (Å²) >= 11 is 0. The molecule has 2 bridgehead atoms. The Labute approximate surface area is 193 Å². The summed E-state index contributed by atoms with van der Waals surface area (Å²) in [6.45, 7) is 6.61. The highest BCUT2D eigenvalue weighted by atomic mass is 19.4. The number of ether oxygens (including phenoxy) is 1. The Morgan fingerprint density at radius 3 is 2.64 bits per heavy atom. The Morgan fingerprint density at radius 1 is 1.24 bits per heavy atom. The largest absolute Gasteiger partial charge is 0.417 e. The molecule has 2 saturated carbocycles. The standard InChI is InChI=1S/C25H34F3N3O2/c1-15(2)24(7-5-20(10-24)30-22-16-3-4-17(22)14-33-13-16)23(32)31-8-6-21-18(12-31)9-19(11-29-21)25(26,27)28/h9,11,15-17,20,22,30H,3-8,10,12-14H2,1-2H3. The second-order valence-corrected chi connectivity index (χ2v) is 10.9. The van der Waals surface area contributed by atoms with E-state index in [9.17, 15) is 18.0 Å². The van der Waals surface area contributed by atoms with Gasteiger partial charge in [-0.15, -0.1) is 0 Å². The van der Waals surface area contributed by atoms with Gasteiger partial charge in [0.2, 0.25) is 5.91 Å². The van der Waals surface area contributed by atoms with Gasteiger partial charge in [0.15, 0.2) is 0 Å². The van der Waals surface area contributed by atoms with Gasteiger partial charge in [0, 0.05) is 43.5 Å². The number of nitrogens with one attached hydrogen (secondary N) is 1. The maximum absolute atomic E-state index is 13.9. The van der Waals surface area contributed by atoms with Crippen molar-refractivity contribution in [3.05, 3.63) is 29.1 Å². The van der Waals surface area contributed by atoms with Crippen molar-refractivity contribution < 1.29 is 22.7 Å². The first kappa shape index (κ1) is 23.1. The van der Waals surface area contributed by atoms with E-state index in [0.717, 1.165) is 38.7 Å². The third kappa shape index (κ3) is 4.18. The lowest BCUT2D eigenvalue weighted by Gasteiger charge is -2.40. The van der Waals surface area contributed by atoms with Crippen molar-refractivity contribution in [1.29, 1.82) is 0 Å². The second-order valence-electron chi connectivity index (χ2n) is 10.9. The minimum absolute atomic E-state index is 0.0970. The maximum Gasteiger partial charge on any atom is 0.417 e. The smallest absolute Gasteiger partial charge is 0.381 e. The highest BCUT2D eigenvalue weighted by Gasteiger charge is 2.51. The number of fused-ring (bicyclic) bond motifs is 3. The van der Waals surface area contributed by atoms with E-state index in [1.54, 1.807) is 4.90 Å². The SMILES string of the molecule is CC(C)C1(C(=O)N2CCc3ncc(C(F)(F)F)cc3C2)CCC(NC2C3CCC2COC3)C1. The Balaban J connectivity index is 1.30. The van der Waals surface area contributed by atoms with Crippen LogP contribution in [0.15, 0.2) is 12.3 Å². The maximum atomic E-state index is 13.9. The second kappa shape index (κ2) is 8.52. The normalized spacial score (nSPS) is 34.1. The lowest BCUT2D eigenvalue weighted by molar-refractivity contribution is -0.146. The van der Waals surface area contributed by atoms with Crippen LogP contribution in [0.3, 0.4) is 0 Å². The number of amides is 1. The van der Waals surface area contributed by atoms with Crippen molar-refractivity contribution in [3.8, 4) is 0 Å². The molecule has 4 aliphatic rings. The van der Waals surface area contributed by atoms with Crippen molar-refractivity contribution in [2.24, 2.45) is 23.2 Å². The molecule has 2 aliphatic heterocycles. The van der Waals surface area contributed by atoms with Crippen LogP contribution in [0.2, 0.25) is 0 Å². The summed E-state index contributed by atoms with van der Waals surface area (Å²) in [5, 5.41) is 3.90. The fourth-order valence-corrected chi connectivity index (χ4v) is 6.71. The van der Waals surface area contributed by atoms with Gasteiger partial charge in [0.1, 0.15) is 0 Å². The lowest BCUT2D eigenvalue weighted by atomic mass is 9.74. The zero-order valence-corrected chi connectivity index (χ0v) is 19.5. The van der Waals surface area contributed by atoms with E-state index in [1.165, 1.54) is 18.9 Å². The molecule has 5 nitrogen and oxygen atoms in total. The number of pyridine rings is 1. The van der Waals surface area contributed by atoms with Gasteiger partial charge >= 0.3 is 6.18 Å². The van der Waals surface area contributed by atoms with E-state index in [1.807, 2.05) is 0 Å². The fraction of sp³-hybridized carbons (Fsp3) is 0.760. The summed E-state index contributed by atoms with van der Waals surface area (Å²) in [6.07, 6.45) is 1.98. The van der Waals surface area contributed by atoms with Crippen LogP contribution in [0.5, 0.6) is 0 Å². The summed E-state index contributed by atoms with van der Waals surface area (Å²) in [5.74, 6) is 1.41. The van der Waals surface area contributed by atoms with Crippen molar-refractivity contribution in [3.63, 3.8) is 0 Å². The molecule has 3 heterocycles. The third-order valence-corrected chi connectivity index (χ3v) is 8.75. The molecule has 4 unspecified atom stereocenters. The van der Waals surface area contributed by atoms with Crippen LogP contribution < -0.4 is 5.32 Å². The highest BCUT2D eigenvalue weighted by Crippen LogP contribution is 2.47. The molecule has 1 N–H and O–H groups in total. The molecule has 0 radical (unpaired) electrons. The zero-order chi connectivity index (χ0) is 23.4. The number of nitrogens with zero attached hydrogens (tertiary/aromatic N) is 2. The number of rotatable bonds is 4. The number of carbonyl (C=O) groups excluding carboxylic acids is 1. The molecule has 4 atom stereocenters. The lowest BCUT2D eigenvalue weighted by Crippen LogP contribution is -2.50. The number of halogens is 3. The first-order chi connectivity index (χ1) is 15.7. The van der Waals surface area contributed by atoms with Crippen LogP contribution in [0, 0.1) is 23.2 Å². The topological polar surface area (TPSA) is 54.5 Å². The van der Waals surface area contributed by atoms with Crippen LogP contribution in [0.25, 0.3) is 0 Å². The van der Waals surface area contributed by atoms with E-state index >= 15 is 0 Å². The Morgan fingerprint density at radius 2 is 1.97 bits per heavy atom. The molecule has 1 saturated heterocycles. The van der Waals surface area contributed by atoms with Gasteiger partial charge in [-0.2, -0.15) is 13.2 Å². The van der Waals surface area contributed by atoms with Gasteiger partial charge in [0.25, 0.3) is 0 Å². The predicted octanol–water partition coefficient (Wildman–Crippen LogP) is 4.19. The number of hydrogen-bond donors (Lipinski definition) is 1. The Bertz CT molecular complexity index is 889. The molecule has 5 rings (SSSR count). The molecular weight excluding hydrogens is 431 g/mol. The number of carbonyl (C=O) groups is 1. The van der Waals surface area contributed by atoms with Crippen molar-refractivity contribution in [2.75, 3.05) is 19.8 Å². The van der Waals surface area contributed by atoms with Crippen molar-refractivity contribution in [2.45, 2.75) is 77.2 Å². The molecule has 0 spiro atoms. The number of aromatic nitrogens is 1. The summed E-state index contributed by atoms with van der Waals surface area (Å²) < 4.78 is 45.3. The molecule has 182 valence electrons. The molecule has 33 heavy (non-hydrogen) atoms. The van der Waals surface area contributed by atoms with E-state index in [0.29, 0.717) is 48.1 Å². The molecule has 8 heteroatoms. The summed E-state index contributed by atoms with van der Waals surface area (Å²) in [4.78, 5) is 19.7. The van der Waals surface area contributed by atoms with E-state index in [2.05, 4.69) is 24.1 Å². The summed E-state index contributed by atoms with van der Waals surface area (Å²) in [6, 6.07) is 1.96. The molecule has 1 aromatic rings. The Hall–Kier alpha value is -1.67. The van der Waals surface area contributed by atoms with E-state index in [4.69, 9.17) is 4.74 Å². The third-order valence-electron chi connectivity index (χ3n) is 8.75. The monoisotopic (exact) mass is 465 g/mol. The number of hydrogen-bond acceptors (Lipinski definition) is 4. The van der Waals surface area contributed by atoms with Gasteiger partial charge in [-0.05, 0) is 61.5 Å². The first-order valence-corrected chi connectivity index (χ1v) is 12.4. The van der Waals surface area contributed by atoms with Crippen molar-refractivity contribution in [1.82, 2.24) is 15.2 Å². The average Bonchev–Trinajstić information content (AvgIpc) is 3.29. The molecule has 0 aromatic carbocycles. The van der Waals surface area contributed by atoms with Crippen LogP contribution in [0.1, 0.15) is 62.8 Å². The van der Waals surface area contributed by atoms with Gasteiger partial charge in [0.05, 0.1) is 24.2 Å². The minimum Gasteiger partial charge on any atom is -0.381 e.